The van der Waals surface area contributed by atoms with E-state index >= 15 is 0 Å². The molecular weight excluding hydrogens is 680 g/mol. The number of thioether (sulfide) groups is 1. The van der Waals surface area contributed by atoms with E-state index in [-0.39, 0.29) is 42.1 Å². The second-order valence-electron chi connectivity index (χ2n) is 9.64. The highest BCUT2D eigenvalue weighted by Gasteiger charge is 2.44. The lowest BCUT2D eigenvalue weighted by atomic mass is 10.2. The Morgan fingerprint density at radius 3 is 2.84 bits per heavy atom. The fraction of sp³-hybridized carbons (Fsp3) is 0.524. The van der Waals surface area contributed by atoms with Crippen molar-refractivity contribution in [3.63, 3.8) is 0 Å². The lowest BCUT2D eigenvalue weighted by Gasteiger charge is -2.31. The number of nitrogen functional groups attached to an aromatic ring is 2. The van der Waals surface area contributed by atoms with Gasteiger partial charge in [0.05, 0.1) is 31.7 Å². The first-order chi connectivity index (χ1) is 21.0. The minimum atomic E-state index is -4.02. The van der Waals surface area contributed by atoms with E-state index in [0.717, 1.165) is 0 Å². The number of aromatic amines is 1. The Labute approximate surface area is 265 Å². The monoisotopic (exact) mass is 709 g/mol. The van der Waals surface area contributed by atoms with Crippen molar-refractivity contribution < 1.29 is 37.3 Å². The molecule has 0 saturated carbocycles. The van der Waals surface area contributed by atoms with Gasteiger partial charge >= 0.3 is 6.80 Å². The van der Waals surface area contributed by atoms with Crippen molar-refractivity contribution in [2.24, 2.45) is 0 Å². The summed E-state index contributed by atoms with van der Waals surface area (Å²) in [6, 6.07) is 0. The summed E-state index contributed by atoms with van der Waals surface area (Å²) in [6.45, 7) is -4.18. The molecule has 44 heavy (non-hydrogen) atoms. The molecule has 6 N–H and O–H groups in total. The van der Waals surface area contributed by atoms with Crippen molar-refractivity contribution >= 4 is 85.0 Å². The van der Waals surface area contributed by atoms with Crippen LogP contribution in [0.1, 0.15) is 25.5 Å². The zero-order valence-corrected chi connectivity index (χ0v) is 27.3. The maximum absolute atomic E-state index is 13.4. The summed E-state index contributed by atoms with van der Waals surface area (Å²) in [6.07, 6.45) is 0.803. The van der Waals surface area contributed by atoms with E-state index in [0.29, 0.717) is 41.4 Å². The molecule has 0 radical (unpaired) electrons. The number of hydrogen-bond acceptors (Lipinski definition) is 18. The van der Waals surface area contributed by atoms with E-state index in [1.54, 1.807) is 10.9 Å². The van der Waals surface area contributed by atoms with Gasteiger partial charge < -0.3 is 35.3 Å². The van der Waals surface area contributed by atoms with Crippen LogP contribution in [0.15, 0.2) is 22.3 Å². The smallest absolute Gasteiger partial charge is 0.382 e. The second kappa shape index (κ2) is 14.2. The largest absolute Gasteiger partial charge is 0.386 e. The standard InChI is InChI=1S/C21H29N9O9P2S3/c1-29(18-15(44-9-31)19(32)28-21(23)27-18)20-12(4-11(38-20)5-35-40(33)42)39-41(34,43)36-6-10-2-3-13(37-10)30-8-26-14-16(22)24-7-25-17(14)30/h7-13,20,33,42H,2-6H2,1H3,(H,34,43)(H2,22,24,25)(H3,23,27,28,32)/t10?,11?,12-,13?,20?,40?,41?/m1/s1. The molecular formula is C21H29N9O9P2S3. The van der Waals surface area contributed by atoms with Crippen molar-refractivity contribution in [1.29, 1.82) is 0 Å². The number of thiol groups is 2. The number of nitrogens with zero attached hydrogens (tertiary/aromatic N) is 6. The first-order valence-electron chi connectivity index (χ1n) is 12.9. The molecule has 0 aliphatic carbocycles. The number of hydrogen-bond donors (Lipinski definition) is 6. The highest BCUT2D eigenvalue weighted by atomic mass is 32.7. The van der Waals surface area contributed by atoms with Crippen LogP contribution in [0, 0.1) is 0 Å². The maximum Gasteiger partial charge on any atom is 0.386 e. The van der Waals surface area contributed by atoms with E-state index in [1.807, 2.05) is 0 Å². The van der Waals surface area contributed by atoms with Gasteiger partial charge in [0.25, 0.3) is 5.56 Å². The van der Waals surface area contributed by atoms with Gasteiger partial charge in [-0.25, -0.2) is 19.5 Å². The molecule has 0 amide bonds. The summed E-state index contributed by atoms with van der Waals surface area (Å²) in [7, 11) is -0.439. The van der Waals surface area contributed by atoms with Crippen molar-refractivity contribution in [3.8, 4) is 0 Å². The lowest BCUT2D eigenvalue weighted by molar-refractivity contribution is -0.0219. The van der Waals surface area contributed by atoms with Gasteiger partial charge in [-0.2, -0.15) is 4.98 Å². The maximum atomic E-state index is 13.4. The summed E-state index contributed by atoms with van der Waals surface area (Å²) in [5, 5.41) is 0. The van der Waals surface area contributed by atoms with Gasteiger partial charge in [0.1, 0.15) is 29.1 Å². The molecule has 2 fully saturated rings. The Morgan fingerprint density at radius 1 is 1.30 bits per heavy atom. The molecule has 240 valence electrons. The Balaban J connectivity index is 1.26. The van der Waals surface area contributed by atoms with Crippen LogP contribution in [0.5, 0.6) is 0 Å². The Kier molecular flexibility index (Phi) is 10.7. The molecule has 7 atom stereocenters. The van der Waals surface area contributed by atoms with E-state index in [1.165, 1.54) is 18.3 Å². The molecule has 0 spiro atoms. The van der Waals surface area contributed by atoms with Crippen LogP contribution in [-0.2, 0) is 32.4 Å². The van der Waals surface area contributed by atoms with Gasteiger partial charge in [0, 0.05) is 13.5 Å². The molecule has 3 aromatic rings. The summed E-state index contributed by atoms with van der Waals surface area (Å²) in [5.74, 6) is 0.0934. The fourth-order valence-electron chi connectivity index (χ4n) is 4.86. The molecule has 18 nitrogen and oxygen atoms in total. The summed E-state index contributed by atoms with van der Waals surface area (Å²) in [5.41, 5.74) is 12.5. The number of carbonyl (C=O) groups excluding carboxylic acids is 1. The number of aromatic nitrogens is 6. The van der Waals surface area contributed by atoms with E-state index in [4.69, 9.17) is 34.5 Å². The number of imidazole rings is 1. The van der Waals surface area contributed by atoms with Crippen LogP contribution in [-0.4, -0.2) is 84.8 Å². The lowest BCUT2D eigenvalue weighted by Crippen LogP contribution is -2.41. The minimum absolute atomic E-state index is 0.0292. The fourth-order valence-corrected chi connectivity index (χ4v) is 7.42. The van der Waals surface area contributed by atoms with E-state index in [9.17, 15) is 19.0 Å². The van der Waals surface area contributed by atoms with Crippen LogP contribution in [0.3, 0.4) is 0 Å². The molecule has 5 rings (SSSR count). The Bertz CT molecular complexity index is 1600. The van der Waals surface area contributed by atoms with Crippen molar-refractivity contribution in [2.75, 3.05) is 36.6 Å². The molecule has 0 aromatic carbocycles. The van der Waals surface area contributed by atoms with Gasteiger partial charge in [-0.1, -0.05) is 24.5 Å². The predicted molar refractivity (Wildman–Crippen MR) is 168 cm³/mol. The number of rotatable bonds is 13. The van der Waals surface area contributed by atoms with E-state index in [2.05, 4.69) is 49.4 Å². The first kappa shape index (κ1) is 33.3. The van der Waals surface area contributed by atoms with Crippen molar-refractivity contribution in [2.45, 2.75) is 54.9 Å². The first-order valence-corrected chi connectivity index (χ1v) is 18.8. The average molecular weight is 710 g/mol. The topological polar surface area (TPSA) is 245 Å². The SMILES string of the molecule is CN(c1nc(N)[nH]c(=O)c1SC=O)C1OC(COP(O)S)C[C@H]1OP(=O)(S)OCC1CCC(n2cnc3c(N)ncnc32)O1. The van der Waals surface area contributed by atoms with Crippen LogP contribution < -0.4 is 21.9 Å². The summed E-state index contributed by atoms with van der Waals surface area (Å²) < 4.78 is 44.0. The molecule has 2 saturated heterocycles. The highest BCUT2D eigenvalue weighted by Crippen LogP contribution is 2.56. The number of nitrogens with two attached hydrogens (primary N) is 2. The van der Waals surface area contributed by atoms with Gasteiger partial charge in [-0.3, -0.25) is 28.2 Å². The average Bonchev–Trinajstić information content (AvgIpc) is 3.70. The van der Waals surface area contributed by atoms with E-state index < -0.39 is 50.7 Å². The normalized spacial score (nSPS) is 25.7. The number of H-pyrrole nitrogens is 1. The summed E-state index contributed by atoms with van der Waals surface area (Å²) in [4.78, 5) is 53.6. The third kappa shape index (κ3) is 7.67. The minimum Gasteiger partial charge on any atom is -0.382 e. The predicted octanol–water partition coefficient (Wildman–Crippen LogP) is 1.89. The third-order valence-electron chi connectivity index (χ3n) is 6.75. The van der Waals surface area contributed by atoms with Crippen LogP contribution in [0.4, 0.5) is 17.6 Å². The van der Waals surface area contributed by atoms with Gasteiger partial charge in [-0.15, -0.1) is 0 Å². The highest BCUT2D eigenvalue weighted by molar-refractivity contribution is 8.44. The van der Waals surface area contributed by atoms with Crippen LogP contribution >= 0.6 is 50.6 Å². The van der Waals surface area contributed by atoms with Gasteiger partial charge in [0.2, 0.25) is 13.5 Å². The molecule has 0 bridgehead atoms. The van der Waals surface area contributed by atoms with Gasteiger partial charge in [0.15, 0.2) is 29.1 Å². The van der Waals surface area contributed by atoms with Gasteiger partial charge in [-0.05, 0) is 24.6 Å². The molecule has 6 unspecified atom stereocenters. The quantitative estimate of drug-likeness (QED) is 0.0642. The molecule has 2 aliphatic rings. The number of anilines is 3. The van der Waals surface area contributed by atoms with Crippen LogP contribution in [0.25, 0.3) is 11.2 Å². The molecule has 2 aliphatic heterocycles. The van der Waals surface area contributed by atoms with Crippen molar-refractivity contribution in [3.05, 3.63) is 23.0 Å². The zero-order chi connectivity index (χ0) is 31.6. The second-order valence-corrected chi connectivity index (χ2v) is 15.1. The molecule has 5 heterocycles. The van der Waals surface area contributed by atoms with Crippen molar-refractivity contribution in [1.82, 2.24) is 29.5 Å². The molecule has 23 heteroatoms. The molecule has 3 aromatic heterocycles. The number of ether oxygens (including phenoxy) is 2. The number of likely N-dealkylation sites (N-methyl/N-ethyl adjacent to an activating group) is 1. The Hall–Kier alpha value is -2.03. The number of nitrogens with one attached hydrogen (secondary N) is 1. The van der Waals surface area contributed by atoms with Crippen LogP contribution in [0.2, 0.25) is 0 Å². The number of carbonyl (C=O) groups is 1. The Morgan fingerprint density at radius 2 is 2.09 bits per heavy atom. The third-order valence-corrected chi connectivity index (χ3v) is 9.82. The zero-order valence-electron chi connectivity index (χ0n) is 22.9. The summed E-state index contributed by atoms with van der Waals surface area (Å²) >= 11 is 8.65. The number of fused-ring (bicyclic) bond motifs is 1.